The van der Waals surface area contributed by atoms with Crippen LogP contribution < -0.4 is 5.73 Å². The van der Waals surface area contributed by atoms with Gasteiger partial charge in [-0.3, -0.25) is 4.90 Å². The van der Waals surface area contributed by atoms with Crippen molar-refractivity contribution < 1.29 is 0 Å². The van der Waals surface area contributed by atoms with E-state index in [4.69, 9.17) is 5.73 Å². The maximum absolute atomic E-state index is 5.63. The Morgan fingerprint density at radius 2 is 2.07 bits per heavy atom. The van der Waals surface area contributed by atoms with Gasteiger partial charge in [0, 0.05) is 31.7 Å². The van der Waals surface area contributed by atoms with Crippen LogP contribution in [-0.2, 0) is 0 Å². The van der Waals surface area contributed by atoms with Gasteiger partial charge in [-0.25, -0.2) is 0 Å². The van der Waals surface area contributed by atoms with Crippen molar-refractivity contribution in [2.75, 3.05) is 33.2 Å². The highest BCUT2D eigenvalue weighted by molar-refractivity contribution is 4.88. The van der Waals surface area contributed by atoms with Crippen LogP contribution in [0, 0.1) is 0 Å². The fraction of sp³-hybridized carbons (Fsp3) is 1.00. The number of rotatable bonds is 4. The Morgan fingerprint density at radius 1 is 1.27 bits per heavy atom. The molecule has 0 bridgehead atoms. The van der Waals surface area contributed by atoms with Crippen LogP contribution in [0.3, 0.4) is 0 Å². The highest BCUT2D eigenvalue weighted by atomic mass is 15.2. The lowest BCUT2D eigenvalue weighted by Crippen LogP contribution is -2.43. The van der Waals surface area contributed by atoms with Crippen molar-refractivity contribution in [3.05, 3.63) is 0 Å². The first-order valence-corrected chi connectivity index (χ1v) is 6.45. The van der Waals surface area contributed by atoms with Gasteiger partial charge in [0.1, 0.15) is 0 Å². The van der Waals surface area contributed by atoms with Crippen LogP contribution in [0.1, 0.15) is 32.1 Å². The molecular weight excluding hydrogens is 186 g/mol. The van der Waals surface area contributed by atoms with Gasteiger partial charge in [-0.05, 0) is 39.3 Å². The number of nitrogens with two attached hydrogens (primary N) is 1. The summed E-state index contributed by atoms with van der Waals surface area (Å²) >= 11 is 0. The summed E-state index contributed by atoms with van der Waals surface area (Å²) in [5, 5.41) is 0. The lowest BCUT2D eigenvalue weighted by Gasteiger charge is -2.30. The van der Waals surface area contributed by atoms with E-state index in [2.05, 4.69) is 16.8 Å². The van der Waals surface area contributed by atoms with Crippen LogP contribution in [0.25, 0.3) is 0 Å². The van der Waals surface area contributed by atoms with Crippen molar-refractivity contribution in [3.63, 3.8) is 0 Å². The minimum atomic E-state index is 0.747. The van der Waals surface area contributed by atoms with Crippen LogP contribution >= 0.6 is 0 Å². The summed E-state index contributed by atoms with van der Waals surface area (Å²) in [7, 11) is 2.23. The predicted octanol–water partition coefficient (Wildman–Crippen LogP) is 0.894. The van der Waals surface area contributed by atoms with E-state index in [1.54, 1.807) is 0 Å². The van der Waals surface area contributed by atoms with Crippen LogP contribution in [0.5, 0.6) is 0 Å². The molecule has 3 heteroatoms. The molecule has 1 aliphatic heterocycles. The molecule has 2 fully saturated rings. The van der Waals surface area contributed by atoms with Gasteiger partial charge < -0.3 is 10.6 Å². The zero-order chi connectivity index (χ0) is 10.7. The number of hydrogen-bond donors (Lipinski definition) is 1. The van der Waals surface area contributed by atoms with E-state index in [1.807, 2.05) is 0 Å². The third-order valence-corrected chi connectivity index (χ3v) is 3.85. The van der Waals surface area contributed by atoms with Gasteiger partial charge in [0.15, 0.2) is 0 Å². The maximum atomic E-state index is 5.63. The summed E-state index contributed by atoms with van der Waals surface area (Å²) in [6.45, 7) is 4.44. The van der Waals surface area contributed by atoms with Crippen LogP contribution in [0.15, 0.2) is 0 Å². The van der Waals surface area contributed by atoms with E-state index in [0.717, 1.165) is 25.2 Å². The predicted molar refractivity (Wildman–Crippen MR) is 63.9 cm³/mol. The largest absolute Gasteiger partial charge is 0.329 e. The van der Waals surface area contributed by atoms with Crippen molar-refractivity contribution in [1.29, 1.82) is 0 Å². The van der Waals surface area contributed by atoms with Gasteiger partial charge in [0.25, 0.3) is 0 Å². The van der Waals surface area contributed by atoms with Crippen molar-refractivity contribution >= 4 is 0 Å². The third kappa shape index (κ3) is 3.16. The van der Waals surface area contributed by atoms with Crippen LogP contribution in [0.2, 0.25) is 0 Å². The number of likely N-dealkylation sites (N-methyl/N-ethyl adjacent to an activating group) is 1. The Kier molecular flexibility index (Phi) is 4.00. The van der Waals surface area contributed by atoms with E-state index in [1.165, 1.54) is 45.2 Å². The summed E-state index contributed by atoms with van der Waals surface area (Å²) in [4.78, 5) is 5.17. The third-order valence-electron chi connectivity index (χ3n) is 3.85. The standard InChI is InChI=1S/C12H25N3/c1-14(9-7-13)12-4-2-3-8-15(10-12)11-5-6-11/h11-12H,2-10,13H2,1H3. The molecule has 1 heterocycles. The van der Waals surface area contributed by atoms with Crippen LogP contribution in [-0.4, -0.2) is 55.1 Å². The second kappa shape index (κ2) is 5.28. The molecule has 1 unspecified atom stereocenters. The van der Waals surface area contributed by atoms with E-state index in [0.29, 0.717) is 0 Å². The van der Waals surface area contributed by atoms with Gasteiger partial charge in [0.05, 0.1) is 0 Å². The molecule has 1 aliphatic carbocycles. The summed E-state index contributed by atoms with van der Waals surface area (Å²) < 4.78 is 0. The summed E-state index contributed by atoms with van der Waals surface area (Å²) in [6, 6.07) is 1.67. The molecule has 1 atom stereocenters. The van der Waals surface area contributed by atoms with Gasteiger partial charge in [-0.1, -0.05) is 6.42 Å². The molecule has 0 aromatic heterocycles. The van der Waals surface area contributed by atoms with Crippen molar-refractivity contribution in [1.82, 2.24) is 9.80 Å². The molecule has 15 heavy (non-hydrogen) atoms. The van der Waals surface area contributed by atoms with E-state index >= 15 is 0 Å². The van der Waals surface area contributed by atoms with Gasteiger partial charge in [0.2, 0.25) is 0 Å². The molecule has 3 nitrogen and oxygen atoms in total. The molecule has 0 aromatic carbocycles. The second-order valence-corrected chi connectivity index (χ2v) is 5.14. The molecule has 0 amide bonds. The molecule has 1 saturated carbocycles. The minimum Gasteiger partial charge on any atom is -0.329 e. The molecule has 0 radical (unpaired) electrons. The van der Waals surface area contributed by atoms with E-state index < -0.39 is 0 Å². The lowest BCUT2D eigenvalue weighted by molar-refractivity contribution is 0.170. The molecular formula is C12H25N3. The number of likely N-dealkylation sites (tertiary alicyclic amines) is 1. The topological polar surface area (TPSA) is 32.5 Å². The monoisotopic (exact) mass is 211 g/mol. The molecule has 0 aromatic rings. The minimum absolute atomic E-state index is 0.747. The van der Waals surface area contributed by atoms with Crippen molar-refractivity contribution in [2.24, 2.45) is 5.73 Å². The molecule has 2 N–H and O–H groups in total. The maximum Gasteiger partial charge on any atom is 0.0220 e. The van der Waals surface area contributed by atoms with Crippen LogP contribution in [0.4, 0.5) is 0 Å². The number of nitrogens with zero attached hydrogens (tertiary/aromatic N) is 2. The average Bonchev–Trinajstić information content (AvgIpc) is 3.04. The molecule has 2 rings (SSSR count). The molecule has 2 aliphatic rings. The zero-order valence-corrected chi connectivity index (χ0v) is 9.99. The molecule has 88 valence electrons. The highest BCUT2D eigenvalue weighted by Crippen LogP contribution is 2.29. The smallest absolute Gasteiger partial charge is 0.0220 e. The quantitative estimate of drug-likeness (QED) is 0.750. The van der Waals surface area contributed by atoms with Gasteiger partial charge in [-0.2, -0.15) is 0 Å². The van der Waals surface area contributed by atoms with E-state index in [-0.39, 0.29) is 0 Å². The first kappa shape index (κ1) is 11.4. The Hall–Kier alpha value is -0.120. The highest BCUT2D eigenvalue weighted by Gasteiger charge is 2.32. The summed E-state index contributed by atoms with van der Waals surface area (Å²) in [5.41, 5.74) is 5.63. The van der Waals surface area contributed by atoms with Gasteiger partial charge >= 0.3 is 0 Å². The first-order chi connectivity index (χ1) is 7.31. The summed E-state index contributed by atoms with van der Waals surface area (Å²) in [5.74, 6) is 0. The Bertz CT molecular complexity index is 191. The zero-order valence-electron chi connectivity index (χ0n) is 9.99. The molecule has 1 saturated heterocycles. The number of hydrogen-bond acceptors (Lipinski definition) is 3. The van der Waals surface area contributed by atoms with Crippen molar-refractivity contribution in [3.8, 4) is 0 Å². The lowest BCUT2D eigenvalue weighted by atomic mass is 10.1. The fourth-order valence-corrected chi connectivity index (χ4v) is 2.67. The second-order valence-electron chi connectivity index (χ2n) is 5.14. The Morgan fingerprint density at radius 3 is 2.73 bits per heavy atom. The van der Waals surface area contributed by atoms with E-state index in [9.17, 15) is 0 Å². The SMILES string of the molecule is CN(CCN)C1CCCCN(C2CC2)C1. The Labute approximate surface area is 93.6 Å². The average molecular weight is 211 g/mol. The normalized spacial score (nSPS) is 29.4. The van der Waals surface area contributed by atoms with Crippen molar-refractivity contribution in [2.45, 2.75) is 44.2 Å². The first-order valence-electron chi connectivity index (χ1n) is 6.45. The summed E-state index contributed by atoms with van der Waals surface area (Å²) in [6.07, 6.45) is 7.02. The van der Waals surface area contributed by atoms with Gasteiger partial charge in [-0.15, -0.1) is 0 Å². The Balaban J connectivity index is 1.86. The molecule has 0 spiro atoms. The fourth-order valence-electron chi connectivity index (χ4n) is 2.67.